The van der Waals surface area contributed by atoms with E-state index < -0.39 is 24.5 Å². The molecule has 1 aliphatic rings. The smallest absolute Gasteiger partial charge is 0.321 e. The van der Waals surface area contributed by atoms with Crippen LogP contribution in [0.25, 0.3) is 10.2 Å². The molecular weight excluding hydrogens is 366 g/mol. The largest absolute Gasteiger partial charge is 0.456 e. The Morgan fingerprint density at radius 3 is 2.74 bits per heavy atom. The molecule has 7 nitrogen and oxygen atoms in total. The van der Waals surface area contributed by atoms with Crippen LogP contribution in [0, 0.1) is 0 Å². The van der Waals surface area contributed by atoms with Crippen molar-refractivity contribution in [2.24, 2.45) is 0 Å². The molecule has 2 N–H and O–H groups in total. The molecular formula is C19H23N3O4S. The molecule has 0 spiro atoms. The Morgan fingerprint density at radius 2 is 1.96 bits per heavy atom. The third-order valence-electron chi connectivity index (χ3n) is 4.42. The van der Waals surface area contributed by atoms with Crippen LogP contribution in [0.2, 0.25) is 0 Å². The lowest BCUT2D eigenvalue weighted by Crippen LogP contribution is -2.44. The van der Waals surface area contributed by atoms with Crippen molar-refractivity contribution in [1.29, 1.82) is 0 Å². The Labute approximate surface area is 161 Å². The van der Waals surface area contributed by atoms with Gasteiger partial charge in [-0.2, -0.15) is 0 Å². The lowest BCUT2D eigenvalue weighted by molar-refractivity contribution is -0.148. The van der Waals surface area contributed by atoms with Crippen molar-refractivity contribution in [1.82, 2.24) is 15.6 Å². The van der Waals surface area contributed by atoms with E-state index in [1.54, 1.807) is 11.3 Å². The standard InChI is InChI=1S/C19H23N3O4S/c23-16(22-19(25)20-13-6-1-2-7-13)12-26-18(24)11-5-10-17-21-14-8-3-4-9-15(14)27-17/h3-4,8-9,13H,1-2,5-7,10-12H2,(H2,20,22,23,25). The molecule has 3 rings (SSSR count). The highest BCUT2D eigenvalue weighted by molar-refractivity contribution is 7.18. The molecule has 1 saturated carbocycles. The third-order valence-corrected chi connectivity index (χ3v) is 5.51. The summed E-state index contributed by atoms with van der Waals surface area (Å²) in [7, 11) is 0. The molecule has 144 valence electrons. The van der Waals surface area contributed by atoms with Crippen LogP contribution in [0.3, 0.4) is 0 Å². The van der Waals surface area contributed by atoms with E-state index in [4.69, 9.17) is 4.74 Å². The third kappa shape index (κ3) is 6.02. The summed E-state index contributed by atoms with van der Waals surface area (Å²) in [5, 5.41) is 5.91. The topological polar surface area (TPSA) is 97.4 Å². The van der Waals surface area contributed by atoms with E-state index in [-0.39, 0.29) is 12.5 Å². The highest BCUT2D eigenvalue weighted by Crippen LogP contribution is 2.22. The predicted octanol–water partition coefficient (Wildman–Crippen LogP) is 2.93. The van der Waals surface area contributed by atoms with Gasteiger partial charge in [0.2, 0.25) is 0 Å². The average molecular weight is 389 g/mol. The maximum atomic E-state index is 11.8. The number of aromatic nitrogens is 1. The molecule has 1 fully saturated rings. The van der Waals surface area contributed by atoms with Crippen LogP contribution in [0.15, 0.2) is 24.3 Å². The molecule has 0 unspecified atom stereocenters. The van der Waals surface area contributed by atoms with Gasteiger partial charge in [0.25, 0.3) is 5.91 Å². The number of ether oxygens (including phenoxy) is 1. The first-order valence-electron chi connectivity index (χ1n) is 9.20. The molecule has 0 aliphatic heterocycles. The van der Waals surface area contributed by atoms with Gasteiger partial charge in [-0.1, -0.05) is 25.0 Å². The van der Waals surface area contributed by atoms with Crippen molar-refractivity contribution in [3.8, 4) is 0 Å². The Kier molecular flexibility index (Phi) is 6.75. The van der Waals surface area contributed by atoms with Crippen LogP contribution in [0.5, 0.6) is 0 Å². The van der Waals surface area contributed by atoms with Gasteiger partial charge in [-0.25, -0.2) is 9.78 Å². The number of hydrogen-bond acceptors (Lipinski definition) is 6. The van der Waals surface area contributed by atoms with E-state index >= 15 is 0 Å². The van der Waals surface area contributed by atoms with E-state index in [1.165, 1.54) is 0 Å². The summed E-state index contributed by atoms with van der Waals surface area (Å²) >= 11 is 1.62. The minimum Gasteiger partial charge on any atom is -0.456 e. The Morgan fingerprint density at radius 1 is 1.19 bits per heavy atom. The lowest BCUT2D eigenvalue weighted by atomic mass is 10.2. The van der Waals surface area contributed by atoms with E-state index in [9.17, 15) is 14.4 Å². The number of hydrogen-bond donors (Lipinski definition) is 2. The van der Waals surface area contributed by atoms with E-state index in [0.29, 0.717) is 12.8 Å². The molecule has 3 amide bonds. The molecule has 27 heavy (non-hydrogen) atoms. The highest BCUT2D eigenvalue weighted by atomic mass is 32.1. The summed E-state index contributed by atoms with van der Waals surface area (Å²) in [6.07, 6.45) is 5.54. The first kappa shape index (κ1) is 19.3. The monoisotopic (exact) mass is 389 g/mol. The number of thiazole rings is 1. The second kappa shape index (κ2) is 9.45. The Balaban J connectivity index is 1.30. The average Bonchev–Trinajstić information content (AvgIpc) is 3.28. The number of benzene rings is 1. The van der Waals surface area contributed by atoms with Gasteiger partial charge in [0, 0.05) is 12.5 Å². The summed E-state index contributed by atoms with van der Waals surface area (Å²) in [6, 6.07) is 7.50. The molecule has 0 saturated heterocycles. The second-order valence-electron chi connectivity index (χ2n) is 6.59. The number of amides is 3. The van der Waals surface area contributed by atoms with Gasteiger partial charge in [-0.15, -0.1) is 11.3 Å². The normalized spacial score (nSPS) is 14.2. The van der Waals surface area contributed by atoms with Crippen molar-refractivity contribution in [3.05, 3.63) is 29.3 Å². The van der Waals surface area contributed by atoms with Crippen molar-refractivity contribution in [2.45, 2.75) is 51.0 Å². The summed E-state index contributed by atoms with van der Waals surface area (Å²) in [5.41, 5.74) is 0.965. The minimum atomic E-state index is -0.620. The van der Waals surface area contributed by atoms with Crippen molar-refractivity contribution >= 4 is 39.5 Å². The molecule has 8 heteroatoms. The number of rotatable bonds is 7. The molecule has 1 heterocycles. The van der Waals surface area contributed by atoms with Crippen molar-refractivity contribution < 1.29 is 19.1 Å². The zero-order valence-electron chi connectivity index (χ0n) is 15.0. The molecule has 1 aromatic heterocycles. The number of carbonyl (C=O) groups is 3. The summed E-state index contributed by atoms with van der Waals surface area (Å²) in [6.45, 7) is -0.446. The minimum absolute atomic E-state index is 0.128. The number of nitrogens with zero attached hydrogens (tertiary/aromatic N) is 1. The molecule has 0 radical (unpaired) electrons. The number of urea groups is 1. The van der Waals surface area contributed by atoms with Crippen LogP contribution in [0.1, 0.15) is 43.5 Å². The first-order valence-corrected chi connectivity index (χ1v) is 10.0. The maximum Gasteiger partial charge on any atom is 0.321 e. The second-order valence-corrected chi connectivity index (χ2v) is 7.71. The highest BCUT2D eigenvalue weighted by Gasteiger charge is 2.18. The number of nitrogens with one attached hydrogen (secondary N) is 2. The summed E-state index contributed by atoms with van der Waals surface area (Å²) in [4.78, 5) is 39.6. The molecule has 0 atom stereocenters. The van der Waals surface area contributed by atoms with Gasteiger partial charge in [-0.05, 0) is 37.8 Å². The molecule has 1 aliphatic carbocycles. The fraction of sp³-hybridized carbons (Fsp3) is 0.474. The van der Waals surface area contributed by atoms with Crippen LogP contribution in [0.4, 0.5) is 4.79 Å². The van der Waals surface area contributed by atoms with Gasteiger partial charge in [-0.3, -0.25) is 14.9 Å². The van der Waals surface area contributed by atoms with Crippen LogP contribution >= 0.6 is 11.3 Å². The number of imide groups is 1. The molecule has 0 bridgehead atoms. The van der Waals surface area contributed by atoms with E-state index in [0.717, 1.165) is 40.9 Å². The quantitative estimate of drug-likeness (QED) is 0.710. The van der Waals surface area contributed by atoms with Gasteiger partial charge in [0.15, 0.2) is 6.61 Å². The van der Waals surface area contributed by atoms with Gasteiger partial charge >= 0.3 is 12.0 Å². The van der Waals surface area contributed by atoms with Gasteiger partial charge in [0.1, 0.15) is 0 Å². The SMILES string of the molecule is O=C(COC(=O)CCCc1nc2ccccc2s1)NC(=O)NC1CCCC1. The van der Waals surface area contributed by atoms with E-state index in [2.05, 4.69) is 15.6 Å². The van der Waals surface area contributed by atoms with Crippen molar-refractivity contribution in [2.75, 3.05) is 6.61 Å². The van der Waals surface area contributed by atoms with E-state index in [1.807, 2.05) is 24.3 Å². The number of fused-ring (bicyclic) bond motifs is 1. The Bertz CT molecular complexity index is 781. The number of esters is 1. The fourth-order valence-electron chi connectivity index (χ4n) is 3.08. The summed E-state index contributed by atoms with van der Waals surface area (Å²) in [5.74, 6) is -1.08. The van der Waals surface area contributed by atoms with Gasteiger partial charge < -0.3 is 10.1 Å². The number of carbonyl (C=O) groups excluding carboxylic acids is 3. The van der Waals surface area contributed by atoms with Crippen LogP contribution in [-0.2, 0) is 20.7 Å². The predicted molar refractivity (Wildman–Crippen MR) is 102 cm³/mol. The zero-order chi connectivity index (χ0) is 19.1. The summed E-state index contributed by atoms with van der Waals surface area (Å²) < 4.78 is 6.05. The van der Waals surface area contributed by atoms with Gasteiger partial charge in [0.05, 0.1) is 15.2 Å². The molecule has 1 aromatic carbocycles. The number of aryl methyl sites for hydroxylation is 1. The van der Waals surface area contributed by atoms with Crippen LogP contribution < -0.4 is 10.6 Å². The fourth-order valence-corrected chi connectivity index (χ4v) is 4.09. The Hall–Kier alpha value is -2.48. The van der Waals surface area contributed by atoms with Crippen molar-refractivity contribution in [3.63, 3.8) is 0 Å². The zero-order valence-corrected chi connectivity index (χ0v) is 15.8. The number of para-hydroxylation sites is 1. The van der Waals surface area contributed by atoms with Crippen LogP contribution in [-0.4, -0.2) is 35.5 Å². The maximum absolute atomic E-state index is 11.8. The first-order chi connectivity index (χ1) is 13.1. The lowest BCUT2D eigenvalue weighted by Gasteiger charge is -2.12. The molecule has 2 aromatic rings.